The monoisotopic (exact) mass is 316 g/mol. The lowest BCUT2D eigenvalue weighted by atomic mass is 10.1. The molecule has 122 valence electrons. The smallest absolute Gasteiger partial charge is 0.345 e. The third kappa shape index (κ3) is 5.19. The molecule has 0 aliphatic heterocycles. The summed E-state index contributed by atoms with van der Waals surface area (Å²) in [5.41, 5.74) is 1.62. The minimum Gasteiger partial charge on any atom is -0.508 e. The van der Waals surface area contributed by atoms with Crippen LogP contribution in [0.5, 0.6) is 11.5 Å². The summed E-state index contributed by atoms with van der Waals surface area (Å²) < 4.78 is 5.68. The summed E-state index contributed by atoms with van der Waals surface area (Å²) in [4.78, 5) is 16.5. The third-order valence-electron chi connectivity index (χ3n) is 3.22. The zero-order chi connectivity index (χ0) is 16.7. The predicted molar refractivity (Wildman–Crippen MR) is 87.5 cm³/mol. The lowest BCUT2D eigenvalue weighted by Gasteiger charge is -2.15. The van der Waals surface area contributed by atoms with E-state index in [1.807, 2.05) is 12.1 Å². The Kier molecular flexibility index (Phi) is 5.82. The van der Waals surface area contributed by atoms with Gasteiger partial charge in [0, 0.05) is 25.2 Å². The number of hydrogen-bond acceptors (Lipinski definition) is 4. The molecule has 0 aliphatic carbocycles. The minimum atomic E-state index is -0.371. The van der Waals surface area contributed by atoms with Crippen molar-refractivity contribution in [2.45, 2.75) is 6.42 Å². The highest BCUT2D eigenvalue weighted by Crippen LogP contribution is 2.18. The number of ether oxygens (including phenoxy) is 1. The molecule has 2 N–H and O–H groups in total. The van der Waals surface area contributed by atoms with Crippen molar-refractivity contribution in [2.24, 2.45) is 0 Å². The number of amides is 2. The largest absolute Gasteiger partial charge is 0.508 e. The molecule has 2 rings (SSSR count). The number of carbonyl (C=O) groups is 1. The van der Waals surface area contributed by atoms with E-state index < -0.39 is 0 Å². The number of anilines is 1. The van der Waals surface area contributed by atoms with Gasteiger partial charge in [-0.3, -0.25) is 4.84 Å². The summed E-state index contributed by atoms with van der Waals surface area (Å²) in [6.45, 7) is 0.471. The van der Waals surface area contributed by atoms with Crippen molar-refractivity contribution in [1.82, 2.24) is 5.06 Å². The molecular formula is C17H20N2O4. The first-order chi connectivity index (χ1) is 11.1. The van der Waals surface area contributed by atoms with Gasteiger partial charge in [0.15, 0.2) is 0 Å². The van der Waals surface area contributed by atoms with Crippen LogP contribution in [0.3, 0.4) is 0 Å². The Morgan fingerprint density at radius 1 is 1.22 bits per heavy atom. The van der Waals surface area contributed by atoms with Gasteiger partial charge in [-0.25, -0.2) is 9.86 Å². The maximum absolute atomic E-state index is 11.7. The van der Waals surface area contributed by atoms with Crippen molar-refractivity contribution < 1.29 is 19.5 Å². The van der Waals surface area contributed by atoms with Crippen LogP contribution in [-0.4, -0.2) is 37.0 Å². The van der Waals surface area contributed by atoms with Gasteiger partial charge in [0.25, 0.3) is 0 Å². The molecule has 2 aromatic rings. The highest BCUT2D eigenvalue weighted by Gasteiger charge is 2.08. The molecule has 0 aromatic heterocycles. The van der Waals surface area contributed by atoms with E-state index >= 15 is 0 Å². The lowest BCUT2D eigenvalue weighted by molar-refractivity contribution is -0.0598. The van der Waals surface area contributed by atoms with Crippen molar-refractivity contribution in [2.75, 3.05) is 26.1 Å². The fourth-order valence-corrected chi connectivity index (χ4v) is 1.95. The molecule has 0 heterocycles. The van der Waals surface area contributed by atoms with Gasteiger partial charge in [-0.1, -0.05) is 18.2 Å². The molecule has 2 amide bonds. The first-order valence-corrected chi connectivity index (χ1v) is 7.18. The zero-order valence-electron chi connectivity index (χ0n) is 13.2. The normalized spacial score (nSPS) is 10.2. The molecule has 0 atom stereocenters. The summed E-state index contributed by atoms with van der Waals surface area (Å²) in [6, 6.07) is 13.8. The fraction of sp³-hybridized carbons (Fsp3) is 0.235. The van der Waals surface area contributed by atoms with Crippen molar-refractivity contribution in [3.63, 3.8) is 0 Å². The molecule has 0 saturated carbocycles. The molecule has 0 fully saturated rings. The summed E-state index contributed by atoms with van der Waals surface area (Å²) in [5.74, 6) is 0.900. The number of phenols is 1. The van der Waals surface area contributed by atoms with Gasteiger partial charge in [0.2, 0.25) is 0 Å². The molecule has 0 spiro atoms. The van der Waals surface area contributed by atoms with Crippen LogP contribution in [0.1, 0.15) is 5.56 Å². The van der Waals surface area contributed by atoms with Crippen LogP contribution in [0.25, 0.3) is 0 Å². The Morgan fingerprint density at radius 2 is 2.00 bits per heavy atom. The Balaban J connectivity index is 1.88. The SMILES string of the molecule is CON(C)C(=O)Nc1cccc(OCCc2cccc(O)c2)c1. The molecular weight excluding hydrogens is 296 g/mol. The van der Waals surface area contributed by atoms with Crippen molar-refractivity contribution in [1.29, 1.82) is 0 Å². The number of benzene rings is 2. The second-order valence-corrected chi connectivity index (χ2v) is 4.91. The molecule has 6 nitrogen and oxygen atoms in total. The van der Waals surface area contributed by atoms with Crippen LogP contribution in [0.15, 0.2) is 48.5 Å². The maximum Gasteiger partial charge on any atom is 0.345 e. The summed E-state index contributed by atoms with van der Waals surface area (Å²) >= 11 is 0. The second-order valence-electron chi connectivity index (χ2n) is 4.91. The molecule has 2 aromatic carbocycles. The molecule has 0 bridgehead atoms. The number of nitrogens with zero attached hydrogens (tertiary/aromatic N) is 1. The summed E-state index contributed by atoms with van der Waals surface area (Å²) in [6.07, 6.45) is 0.678. The number of carbonyl (C=O) groups excluding carboxylic acids is 1. The average molecular weight is 316 g/mol. The van der Waals surface area contributed by atoms with E-state index in [1.165, 1.54) is 14.2 Å². The van der Waals surface area contributed by atoms with Crippen LogP contribution in [-0.2, 0) is 11.3 Å². The number of aromatic hydroxyl groups is 1. The fourth-order valence-electron chi connectivity index (χ4n) is 1.95. The van der Waals surface area contributed by atoms with Crippen LogP contribution in [0.4, 0.5) is 10.5 Å². The van der Waals surface area contributed by atoms with Gasteiger partial charge in [0.1, 0.15) is 11.5 Å². The van der Waals surface area contributed by atoms with Crippen molar-refractivity contribution >= 4 is 11.7 Å². The van der Waals surface area contributed by atoms with E-state index in [0.29, 0.717) is 24.5 Å². The highest BCUT2D eigenvalue weighted by molar-refractivity contribution is 5.88. The summed E-state index contributed by atoms with van der Waals surface area (Å²) in [5, 5.41) is 13.2. The lowest BCUT2D eigenvalue weighted by Crippen LogP contribution is -2.30. The number of urea groups is 1. The molecule has 0 radical (unpaired) electrons. The summed E-state index contributed by atoms with van der Waals surface area (Å²) in [7, 11) is 2.94. The molecule has 6 heteroatoms. The van der Waals surface area contributed by atoms with Gasteiger partial charge in [-0.15, -0.1) is 0 Å². The van der Waals surface area contributed by atoms with Crippen LogP contribution in [0.2, 0.25) is 0 Å². The Morgan fingerprint density at radius 3 is 2.74 bits per heavy atom. The maximum atomic E-state index is 11.7. The standard InChI is InChI=1S/C17H20N2O4/c1-19(22-2)17(21)18-14-6-4-8-16(12-14)23-10-9-13-5-3-7-15(20)11-13/h3-8,11-12,20H,9-10H2,1-2H3,(H,18,21). The van der Waals surface area contributed by atoms with Gasteiger partial charge in [-0.2, -0.15) is 0 Å². The van der Waals surface area contributed by atoms with Crippen LogP contribution >= 0.6 is 0 Å². The molecule has 23 heavy (non-hydrogen) atoms. The van der Waals surface area contributed by atoms with Gasteiger partial charge >= 0.3 is 6.03 Å². The van der Waals surface area contributed by atoms with Crippen molar-refractivity contribution in [3.05, 3.63) is 54.1 Å². The van der Waals surface area contributed by atoms with Crippen LogP contribution in [0, 0.1) is 0 Å². The Bertz CT molecular complexity index is 661. The van der Waals surface area contributed by atoms with E-state index in [9.17, 15) is 9.90 Å². The van der Waals surface area contributed by atoms with Gasteiger partial charge < -0.3 is 15.2 Å². The molecule has 0 unspecified atom stereocenters. The van der Waals surface area contributed by atoms with Gasteiger partial charge in [0.05, 0.1) is 13.7 Å². The van der Waals surface area contributed by atoms with E-state index in [-0.39, 0.29) is 11.8 Å². The number of hydroxylamine groups is 2. The quantitative estimate of drug-likeness (QED) is 0.804. The molecule has 0 saturated heterocycles. The molecule has 0 aliphatic rings. The van der Waals surface area contributed by atoms with E-state index in [0.717, 1.165) is 10.6 Å². The Labute approximate surface area is 135 Å². The highest BCUT2D eigenvalue weighted by atomic mass is 16.7. The first kappa shape index (κ1) is 16.6. The second kappa shape index (κ2) is 8.05. The van der Waals surface area contributed by atoms with E-state index in [2.05, 4.69) is 5.32 Å². The third-order valence-corrected chi connectivity index (χ3v) is 3.22. The van der Waals surface area contributed by atoms with Gasteiger partial charge in [-0.05, 0) is 29.8 Å². The number of hydrogen-bond donors (Lipinski definition) is 2. The average Bonchev–Trinajstić information content (AvgIpc) is 2.54. The van der Waals surface area contributed by atoms with Crippen molar-refractivity contribution in [3.8, 4) is 11.5 Å². The minimum absolute atomic E-state index is 0.245. The first-order valence-electron chi connectivity index (χ1n) is 7.18. The predicted octanol–water partition coefficient (Wildman–Crippen LogP) is 3.04. The van der Waals surface area contributed by atoms with Crippen LogP contribution < -0.4 is 10.1 Å². The number of phenolic OH excluding ortho intramolecular Hbond substituents is 1. The zero-order valence-corrected chi connectivity index (χ0v) is 13.2. The number of nitrogens with one attached hydrogen (secondary N) is 1. The van der Waals surface area contributed by atoms with E-state index in [1.54, 1.807) is 36.4 Å². The Hall–Kier alpha value is -2.73. The van der Waals surface area contributed by atoms with E-state index in [4.69, 9.17) is 9.57 Å². The topological polar surface area (TPSA) is 71.0 Å². The number of rotatable bonds is 6.